The van der Waals surface area contributed by atoms with Gasteiger partial charge in [0.25, 0.3) is 5.91 Å². The number of carbonyl (C=O) groups is 1. The summed E-state index contributed by atoms with van der Waals surface area (Å²) < 4.78 is 0. The molecule has 0 radical (unpaired) electrons. The van der Waals surface area contributed by atoms with Crippen molar-refractivity contribution in [3.63, 3.8) is 0 Å². The van der Waals surface area contributed by atoms with E-state index in [9.17, 15) is 9.90 Å². The average Bonchev–Trinajstić information content (AvgIpc) is 2.89. The smallest absolute Gasteiger partial charge is 0.254 e. The molecule has 19 heavy (non-hydrogen) atoms. The van der Waals surface area contributed by atoms with Crippen LogP contribution in [0.15, 0.2) is 35.0 Å². The summed E-state index contributed by atoms with van der Waals surface area (Å²) in [5, 5.41) is 16.5. The Morgan fingerprint density at radius 2 is 2.26 bits per heavy atom. The highest BCUT2D eigenvalue weighted by atomic mass is 35.5. The molecule has 4 nitrogen and oxygen atoms in total. The fourth-order valence-corrected chi connectivity index (χ4v) is 2.62. The van der Waals surface area contributed by atoms with Crippen LogP contribution in [0.3, 0.4) is 0 Å². The number of halogens is 1. The Labute approximate surface area is 119 Å². The van der Waals surface area contributed by atoms with E-state index in [1.807, 2.05) is 16.8 Å². The Balaban J connectivity index is 2.02. The number of hydrogen-bond acceptors (Lipinski definition) is 4. The number of hydrogen-bond donors (Lipinski definition) is 3. The zero-order valence-corrected chi connectivity index (χ0v) is 11.5. The number of thiophene rings is 1. The second-order valence-corrected chi connectivity index (χ2v) is 5.17. The zero-order valence-electron chi connectivity index (χ0n) is 9.97. The quantitative estimate of drug-likeness (QED) is 0.759. The van der Waals surface area contributed by atoms with Gasteiger partial charge in [0.15, 0.2) is 0 Å². The van der Waals surface area contributed by atoms with Crippen LogP contribution in [0.2, 0.25) is 5.02 Å². The molecule has 2 aromatic rings. The Morgan fingerprint density at radius 3 is 2.89 bits per heavy atom. The highest BCUT2D eigenvalue weighted by Crippen LogP contribution is 2.22. The van der Waals surface area contributed by atoms with Crippen LogP contribution in [0, 0.1) is 0 Å². The highest BCUT2D eigenvalue weighted by Gasteiger charge is 2.15. The lowest BCUT2D eigenvalue weighted by Gasteiger charge is -2.12. The van der Waals surface area contributed by atoms with Crippen LogP contribution in [0.5, 0.6) is 0 Å². The molecule has 2 rings (SSSR count). The molecule has 4 N–H and O–H groups in total. The molecular formula is C13H13ClN2O2S. The minimum atomic E-state index is -0.737. The molecule has 6 heteroatoms. The summed E-state index contributed by atoms with van der Waals surface area (Å²) in [7, 11) is 0. The van der Waals surface area contributed by atoms with Crippen molar-refractivity contribution in [3.05, 3.63) is 51.2 Å². The molecule has 1 unspecified atom stereocenters. The van der Waals surface area contributed by atoms with Crippen LogP contribution in [0.4, 0.5) is 5.69 Å². The molecule has 0 aliphatic heterocycles. The Morgan fingerprint density at radius 1 is 1.47 bits per heavy atom. The van der Waals surface area contributed by atoms with Crippen molar-refractivity contribution >= 4 is 34.5 Å². The third-order valence-corrected chi connectivity index (χ3v) is 3.67. The molecule has 100 valence electrons. The molecule has 1 aromatic heterocycles. The first-order valence-corrected chi connectivity index (χ1v) is 6.94. The van der Waals surface area contributed by atoms with E-state index < -0.39 is 12.0 Å². The average molecular weight is 297 g/mol. The van der Waals surface area contributed by atoms with E-state index in [0.29, 0.717) is 10.7 Å². The van der Waals surface area contributed by atoms with E-state index in [1.165, 1.54) is 11.3 Å². The van der Waals surface area contributed by atoms with Gasteiger partial charge in [-0.25, -0.2) is 0 Å². The number of benzene rings is 1. The highest BCUT2D eigenvalue weighted by molar-refractivity contribution is 7.07. The zero-order chi connectivity index (χ0) is 13.8. The third-order valence-electron chi connectivity index (χ3n) is 2.66. The number of nitrogens with two attached hydrogens (primary N) is 1. The van der Waals surface area contributed by atoms with E-state index in [4.69, 9.17) is 17.3 Å². The molecule has 1 aromatic carbocycles. The minimum absolute atomic E-state index is 0.111. The SMILES string of the molecule is Nc1cccc(Cl)c1C(=O)NCC(O)c1ccsc1. The largest absolute Gasteiger partial charge is 0.398 e. The van der Waals surface area contributed by atoms with Crippen LogP contribution >= 0.6 is 22.9 Å². The molecule has 1 heterocycles. The van der Waals surface area contributed by atoms with Gasteiger partial charge in [-0.2, -0.15) is 11.3 Å². The predicted octanol–water partition coefficient (Wildman–Crippen LogP) is 2.45. The van der Waals surface area contributed by atoms with Crippen LogP contribution in [0.25, 0.3) is 0 Å². The number of nitrogens with one attached hydrogen (secondary N) is 1. The number of carbonyl (C=O) groups excluding carboxylic acids is 1. The Kier molecular flexibility index (Phi) is 4.42. The van der Waals surface area contributed by atoms with Gasteiger partial charge in [-0.1, -0.05) is 17.7 Å². The van der Waals surface area contributed by atoms with Gasteiger partial charge in [-0.15, -0.1) is 0 Å². The molecule has 0 fully saturated rings. The van der Waals surface area contributed by atoms with E-state index in [2.05, 4.69) is 5.32 Å². The summed E-state index contributed by atoms with van der Waals surface area (Å²) in [5.41, 5.74) is 7.05. The minimum Gasteiger partial charge on any atom is -0.398 e. The number of rotatable bonds is 4. The maximum atomic E-state index is 12.0. The summed E-state index contributed by atoms with van der Waals surface area (Å²) in [6.45, 7) is 0.111. The predicted molar refractivity (Wildman–Crippen MR) is 77.5 cm³/mol. The maximum absolute atomic E-state index is 12.0. The number of amides is 1. The van der Waals surface area contributed by atoms with E-state index in [0.717, 1.165) is 5.56 Å². The molecule has 0 spiro atoms. The van der Waals surface area contributed by atoms with Gasteiger partial charge in [0.1, 0.15) is 0 Å². The first-order chi connectivity index (χ1) is 9.09. The lowest BCUT2D eigenvalue weighted by atomic mass is 10.1. The fourth-order valence-electron chi connectivity index (χ4n) is 1.64. The first-order valence-electron chi connectivity index (χ1n) is 5.62. The molecule has 0 saturated carbocycles. The van der Waals surface area contributed by atoms with Gasteiger partial charge < -0.3 is 16.2 Å². The van der Waals surface area contributed by atoms with Crippen molar-refractivity contribution in [1.82, 2.24) is 5.32 Å². The molecule has 0 bridgehead atoms. The van der Waals surface area contributed by atoms with E-state index >= 15 is 0 Å². The van der Waals surface area contributed by atoms with Crippen molar-refractivity contribution in [2.75, 3.05) is 12.3 Å². The Hall–Kier alpha value is -1.56. The number of anilines is 1. The summed E-state index contributed by atoms with van der Waals surface area (Å²) in [4.78, 5) is 12.0. The fraction of sp³-hybridized carbons (Fsp3) is 0.154. The second-order valence-electron chi connectivity index (χ2n) is 3.99. The normalized spacial score (nSPS) is 12.1. The molecule has 0 saturated heterocycles. The third kappa shape index (κ3) is 3.26. The molecular weight excluding hydrogens is 284 g/mol. The van der Waals surface area contributed by atoms with Crippen LogP contribution in [0.1, 0.15) is 22.0 Å². The van der Waals surface area contributed by atoms with Gasteiger partial charge in [0.2, 0.25) is 0 Å². The number of nitrogen functional groups attached to an aromatic ring is 1. The van der Waals surface area contributed by atoms with Gasteiger partial charge in [0, 0.05) is 12.2 Å². The second kappa shape index (κ2) is 6.06. The number of aliphatic hydroxyl groups excluding tert-OH is 1. The summed E-state index contributed by atoms with van der Waals surface area (Å²) in [6, 6.07) is 6.69. The van der Waals surface area contributed by atoms with Crippen molar-refractivity contribution in [2.45, 2.75) is 6.10 Å². The van der Waals surface area contributed by atoms with E-state index in [1.54, 1.807) is 18.2 Å². The topological polar surface area (TPSA) is 75.4 Å². The lowest BCUT2D eigenvalue weighted by molar-refractivity contribution is 0.0917. The molecule has 1 amide bonds. The van der Waals surface area contributed by atoms with E-state index in [-0.39, 0.29) is 12.1 Å². The standard InChI is InChI=1S/C13H13ClN2O2S/c14-9-2-1-3-10(15)12(9)13(18)16-6-11(17)8-4-5-19-7-8/h1-5,7,11,17H,6,15H2,(H,16,18). The van der Waals surface area contributed by atoms with Crippen molar-refractivity contribution in [2.24, 2.45) is 0 Å². The first kappa shape index (κ1) is 13.9. The monoisotopic (exact) mass is 296 g/mol. The summed E-state index contributed by atoms with van der Waals surface area (Å²) in [6.07, 6.45) is -0.737. The van der Waals surface area contributed by atoms with Crippen LogP contribution in [-0.4, -0.2) is 17.6 Å². The lowest BCUT2D eigenvalue weighted by Crippen LogP contribution is -2.29. The molecule has 0 aliphatic rings. The van der Waals surface area contributed by atoms with Crippen LogP contribution in [-0.2, 0) is 0 Å². The van der Waals surface area contributed by atoms with Gasteiger partial charge in [-0.3, -0.25) is 4.79 Å². The van der Waals surface area contributed by atoms with Gasteiger partial charge in [-0.05, 0) is 34.5 Å². The van der Waals surface area contributed by atoms with Crippen LogP contribution < -0.4 is 11.1 Å². The van der Waals surface area contributed by atoms with Gasteiger partial charge >= 0.3 is 0 Å². The summed E-state index contributed by atoms with van der Waals surface area (Å²) in [5.74, 6) is -0.391. The number of aliphatic hydroxyl groups is 1. The van der Waals surface area contributed by atoms with Crippen molar-refractivity contribution in [3.8, 4) is 0 Å². The van der Waals surface area contributed by atoms with Gasteiger partial charge in [0.05, 0.1) is 16.7 Å². The maximum Gasteiger partial charge on any atom is 0.254 e. The Bertz CT molecular complexity index is 552. The van der Waals surface area contributed by atoms with Crippen molar-refractivity contribution in [1.29, 1.82) is 0 Å². The summed E-state index contributed by atoms with van der Waals surface area (Å²) >= 11 is 7.43. The molecule has 0 aliphatic carbocycles. The van der Waals surface area contributed by atoms with Crippen molar-refractivity contribution < 1.29 is 9.90 Å². The molecule has 1 atom stereocenters.